The van der Waals surface area contributed by atoms with Gasteiger partial charge >= 0.3 is 0 Å². The van der Waals surface area contributed by atoms with Crippen LogP contribution in [0.2, 0.25) is 0 Å². The van der Waals surface area contributed by atoms with Crippen LogP contribution >= 0.6 is 0 Å². The van der Waals surface area contributed by atoms with E-state index in [1.807, 2.05) is 30.3 Å². The number of carbonyl (C=O) groups is 1. The first-order chi connectivity index (χ1) is 12.6. The lowest BCUT2D eigenvalue weighted by Crippen LogP contribution is -2.47. The van der Waals surface area contributed by atoms with E-state index in [1.165, 1.54) is 11.6 Å². The molecule has 1 fully saturated rings. The van der Waals surface area contributed by atoms with E-state index in [0.717, 1.165) is 38.3 Å². The average molecular weight is 355 g/mol. The van der Waals surface area contributed by atoms with Crippen molar-refractivity contribution in [2.75, 3.05) is 37.6 Å². The van der Waals surface area contributed by atoms with Crippen molar-refractivity contribution < 1.29 is 9.18 Å². The quantitative estimate of drug-likeness (QED) is 0.865. The SMILES string of the molecule is Cc1ccccc1CNC(=O)CCN1CCN(c2ccccc2F)CC1. The van der Waals surface area contributed by atoms with E-state index in [4.69, 9.17) is 0 Å². The Morgan fingerprint density at radius 2 is 1.73 bits per heavy atom. The highest BCUT2D eigenvalue weighted by Gasteiger charge is 2.19. The van der Waals surface area contributed by atoms with Crippen molar-refractivity contribution in [3.8, 4) is 0 Å². The smallest absolute Gasteiger partial charge is 0.221 e. The fraction of sp³-hybridized carbons (Fsp3) is 0.381. The number of halogens is 1. The van der Waals surface area contributed by atoms with Gasteiger partial charge in [-0.05, 0) is 30.2 Å². The normalized spacial score (nSPS) is 15.1. The highest BCUT2D eigenvalue weighted by molar-refractivity contribution is 5.76. The average Bonchev–Trinajstić information content (AvgIpc) is 2.67. The van der Waals surface area contributed by atoms with Crippen LogP contribution in [-0.4, -0.2) is 43.5 Å². The van der Waals surface area contributed by atoms with E-state index in [9.17, 15) is 9.18 Å². The molecule has 5 heteroatoms. The van der Waals surface area contributed by atoms with E-state index in [2.05, 4.69) is 28.1 Å². The summed E-state index contributed by atoms with van der Waals surface area (Å²) < 4.78 is 13.9. The minimum absolute atomic E-state index is 0.0739. The van der Waals surface area contributed by atoms with Crippen LogP contribution in [0.1, 0.15) is 17.5 Å². The van der Waals surface area contributed by atoms with Crippen LogP contribution in [0.4, 0.5) is 10.1 Å². The molecule has 138 valence electrons. The number of carbonyl (C=O) groups excluding carboxylic acids is 1. The van der Waals surface area contributed by atoms with Gasteiger partial charge in [-0.2, -0.15) is 0 Å². The first-order valence-corrected chi connectivity index (χ1v) is 9.16. The van der Waals surface area contributed by atoms with Gasteiger partial charge < -0.3 is 10.2 Å². The van der Waals surface area contributed by atoms with Crippen LogP contribution < -0.4 is 10.2 Å². The lowest BCUT2D eigenvalue weighted by Gasteiger charge is -2.36. The van der Waals surface area contributed by atoms with Gasteiger partial charge in [0.25, 0.3) is 0 Å². The minimum atomic E-state index is -0.170. The third kappa shape index (κ3) is 4.82. The van der Waals surface area contributed by atoms with E-state index in [-0.39, 0.29) is 11.7 Å². The zero-order chi connectivity index (χ0) is 18.4. The molecule has 0 atom stereocenters. The van der Waals surface area contributed by atoms with Crippen molar-refractivity contribution in [2.45, 2.75) is 19.9 Å². The Hall–Kier alpha value is -2.40. The lowest BCUT2D eigenvalue weighted by molar-refractivity contribution is -0.121. The predicted molar refractivity (Wildman–Crippen MR) is 103 cm³/mol. The second kappa shape index (κ2) is 8.81. The van der Waals surface area contributed by atoms with Crippen molar-refractivity contribution >= 4 is 11.6 Å². The molecule has 0 aliphatic carbocycles. The molecule has 2 aromatic rings. The molecule has 1 saturated heterocycles. The molecule has 0 bridgehead atoms. The zero-order valence-corrected chi connectivity index (χ0v) is 15.2. The highest BCUT2D eigenvalue weighted by Crippen LogP contribution is 2.20. The van der Waals surface area contributed by atoms with Crippen molar-refractivity contribution in [1.29, 1.82) is 0 Å². The monoisotopic (exact) mass is 355 g/mol. The van der Waals surface area contributed by atoms with Crippen molar-refractivity contribution in [3.05, 3.63) is 65.5 Å². The van der Waals surface area contributed by atoms with Gasteiger partial charge in [0.2, 0.25) is 5.91 Å². The number of nitrogens with zero attached hydrogens (tertiary/aromatic N) is 2. The Balaban J connectivity index is 1.39. The zero-order valence-electron chi connectivity index (χ0n) is 15.2. The maximum atomic E-state index is 13.9. The molecule has 0 radical (unpaired) electrons. The number of piperazine rings is 1. The van der Waals surface area contributed by atoms with Gasteiger partial charge in [-0.3, -0.25) is 9.69 Å². The summed E-state index contributed by atoms with van der Waals surface area (Å²) in [4.78, 5) is 16.4. The number of para-hydroxylation sites is 1. The molecule has 1 amide bonds. The summed E-state index contributed by atoms with van der Waals surface area (Å²) in [5.41, 5.74) is 3.01. The molecule has 0 spiro atoms. The van der Waals surface area contributed by atoms with Crippen LogP contribution in [-0.2, 0) is 11.3 Å². The van der Waals surface area contributed by atoms with E-state index >= 15 is 0 Å². The molecule has 2 aromatic carbocycles. The van der Waals surface area contributed by atoms with Gasteiger partial charge in [-0.1, -0.05) is 36.4 Å². The Kier molecular flexibility index (Phi) is 6.23. The summed E-state index contributed by atoms with van der Waals surface area (Å²) in [7, 11) is 0. The molecule has 26 heavy (non-hydrogen) atoms. The van der Waals surface area contributed by atoms with Crippen LogP contribution in [0.25, 0.3) is 0 Å². The van der Waals surface area contributed by atoms with E-state index in [1.54, 1.807) is 6.07 Å². The summed E-state index contributed by atoms with van der Waals surface area (Å²) in [5, 5.41) is 3.00. The molecule has 0 aromatic heterocycles. The lowest BCUT2D eigenvalue weighted by atomic mass is 10.1. The molecule has 3 rings (SSSR count). The molecule has 0 saturated carbocycles. The molecule has 1 heterocycles. The fourth-order valence-corrected chi connectivity index (χ4v) is 3.27. The number of aryl methyl sites for hydroxylation is 1. The van der Waals surface area contributed by atoms with Gasteiger partial charge in [-0.15, -0.1) is 0 Å². The maximum Gasteiger partial charge on any atom is 0.221 e. The molecule has 0 unspecified atom stereocenters. The van der Waals surface area contributed by atoms with Crippen LogP contribution in [0.3, 0.4) is 0 Å². The minimum Gasteiger partial charge on any atom is -0.367 e. The summed E-state index contributed by atoms with van der Waals surface area (Å²) in [6.07, 6.45) is 0.492. The van der Waals surface area contributed by atoms with Crippen LogP contribution in [0.15, 0.2) is 48.5 Å². The van der Waals surface area contributed by atoms with Gasteiger partial charge in [0, 0.05) is 45.7 Å². The van der Waals surface area contributed by atoms with Gasteiger partial charge in [0.15, 0.2) is 0 Å². The number of nitrogens with one attached hydrogen (secondary N) is 1. The Morgan fingerprint density at radius 1 is 1.04 bits per heavy atom. The molecular formula is C21H26FN3O. The summed E-state index contributed by atoms with van der Waals surface area (Å²) in [5.74, 6) is -0.0960. The maximum absolute atomic E-state index is 13.9. The topological polar surface area (TPSA) is 35.6 Å². The standard InChI is InChI=1S/C21H26FN3O/c1-17-6-2-3-7-18(17)16-23-21(26)10-11-24-12-14-25(15-13-24)20-9-5-4-8-19(20)22/h2-9H,10-16H2,1H3,(H,23,26). The van der Waals surface area contributed by atoms with Crippen molar-refractivity contribution in [2.24, 2.45) is 0 Å². The predicted octanol–water partition coefficient (Wildman–Crippen LogP) is 2.96. The van der Waals surface area contributed by atoms with Crippen LogP contribution in [0, 0.1) is 12.7 Å². The highest BCUT2D eigenvalue weighted by atomic mass is 19.1. The number of benzene rings is 2. The summed E-state index contributed by atoms with van der Waals surface area (Å²) in [6, 6.07) is 15.0. The van der Waals surface area contributed by atoms with E-state index in [0.29, 0.717) is 18.7 Å². The third-order valence-electron chi connectivity index (χ3n) is 4.96. The summed E-state index contributed by atoms with van der Waals surface area (Å²) >= 11 is 0. The number of anilines is 1. The number of hydrogen-bond acceptors (Lipinski definition) is 3. The molecular weight excluding hydrogens is 329 g/mol. The summed E-state index contributed by atoms with van der Waals surface area (Å²) in [6.45, 7) is 6.63. The first kappa shape index (κ1) is 18.4. The van der Waals surface area contributed by atoms with Crippen LogP contribution in [0.5, 0.6) is 0 Å². The third-order valence-corrected chi connectivity index (χ3v) is 4.96. The van der Waals surface area contributed by atoms with Crippen molar-refractivity contribution in [3.63, 3.8) is 0 Å². The Bertz CT molecular complexity index is 742. The molecule has 4 nitrogen and oxygen atoms in total. The van der Waals surface area contributed by atoms with Crippen molar-refractivity contribution in [1.82, 2.24) is 10.2 Å². The van der Waals surface area contributed by atoms with Gasteiger partial charge in [-0.25, -0.2) is 4.39 Å². The second-order valence-electron chi connectivity index (χ2n) is 6.73. The number of rotatable bonds is 6. The van der Waals surface area contributed by atoms with Gasteiger partial charge in [0.05, 0.1) is 5.69 Å². The second-order valence-corrected chi connectivity index (χ2v) is 6.73. The number of hydrogen-bond donors (Lipinski definition) is 1. The molecule has 1 N–H and O–H groups in total. The van der Waals surface area contributed by atoms with Gasteiger partial charge in [0.1, 0.15) is 5.82 Å². The Morgan fingerprint density at radius 3 is 2.46 bits per heavy atom. The first-order valence-electron chi connectivity index (χ1n) is 9.16. The fourth-order valence-electron chi connectivity index (χ4n) is 3.27. The Labute approximate surface area is 154 Å². The molecule has 1 aliphatic heterocycles. The number of amides is 1. The van der Waals surface area contributed by atoms with E-state index < -0.39 is 0 Å². The largest absolute Gasteiger partial charge is 0.367 e. The molecule has 1 aliphatic rings.